The van der Waals surface area contributed by atoms with Crippen LogP contribution in [-0.4, -0.2) is 8.80 Å². The van der Waals surface area contributed by atoms with Gasteiger partial charge in [-0.25, -0.2) is 0 Å². The van der Waals surface area contributed by atoms with Crippen LogP contribution < -0.4 is 0 Å². The zero-order valence-corrected chi connectivity index (χ0v) is 6.67. The summed E-state index contributed by atoms with van der Waals surface area (Å²) in [6, 6.07) is 0. The Morgan fingerprint density at radius 3 is 2.62 bits per heavy atom. The Morgan fingerprint density at radius 2 is 2.38 bits per heavy atom. The van der Waals surface area contributed by atoms with Gasteiger partial charge in [0.05, 0.1) is 8.80 Å². The molecule has 0 N–H and O–H groups in total. The lowest BCUT2D eigenvalue weighted by atomic mass is 10.4. The molecule has 1 aliphatic heterocycles. The van der Waals surface area contributed by atoms with E-state index in [1.165, 1.54) is 6.42 Å². The minimum atomic E-state index is -0.484. The third-order valence-corrected chi connectivity index (χ3v) is 4.27. The van der Waals surface area contributed by atoms with Gasteiger partial charge in [0.15, 0.2) is 0 Å². The molecule has 1 heterocycles. The van der Waals surface area contributed by atoms with Crippen LogP contribution >= 0.6 is 0 Å². The topological polar surface area (TPSA) is 0 Å². The Balaban J connectivity index is 2.59. The van der Waals surface area contributed by atoms with E-state index in [2.05, 4.69) is 31.3 Å². The number of rotatable bonds is 1. The predicted molar refractivity (Wildman–Crippen MR) is 40.5 cm³/mol. The largest absolute Gasteiger partial charge is 0.0935 e. The van der Waals surface area contributed by atoms with Crippen LogP contribution in [0.4, 0.5) is 0 Å². The van der Waals surface area contributed by atoms with Crippen LogP contribution in [0.1, 0.15) is 13.3 Å². The molecular formula is C7H12Si. The molecule has 0 amide bonds. The van der Waals surface area contributed by atoms with Crippen molar-refractivity contribution in [3.63, 3.8) is 0 Å². The van der Waals surface area contributed by atoms with Crippen molar-refractivity contribution in [3.8, 4) is 0 Å². The number of hydrogen-bond acceptors (Lipinski definition) is 0. The highest BCUT2D eigenvalue weighted by atomic mass is 28.3. The molecule has 0 nitrogen and oxygen atoms in total. The normalized spacial score (nSPS) is 26.2. The monoisotopic (exact) mass is 124 g/mol. The van der Waals surface area contributed by atoms with Gasteiger partial charge in [0, 0.05) is 0 Å². The molecule has 0 aromatic rings. The Hall–Kier alpha value is -0.303. The molecular weight excluding hydrogens is 112 g/mol. The van der Waals surface area contributed by atoms with Gasteiger partial charge in [0.2, 0.25) is 0 Å². The second-order valence-corrected chi connectivity index (χ2v) is 4.97. The lowest BCUT2D eigenvalue weighted by Gasteiger charge is -2.00. The molecule has 0 aromatic carbocycles. The molecule has 1 atom stereocenters. The van der Waals surface area contributed by atoms with Crippen LogP contribution in [0.5, 0.6) is 0 Å². The van der Waals surface area contributed by atoms with Gasteiger partial charge in [0.25, 0.3) is 0 Å². The third-order valence-electron chi connectivity index (χ3n) is 1.70. The van der Waals surface area contributed by atoms with Gasteiger partial charge >= 0.3 is 0 Å². The minimum Gasteiger partial charge on any atom is -0.0935 e. The van der Waals surface area contributed by atoms with Gasteiger partial charge in [-0.1, -0.05) is 36.5 Å². The van der Waals surface area contributed by atoms with Gasteiger partial charge in [0.1, 0.15) is 0 Å². The predicted octanol–water partition coefficient (Wildman–Crippen LogP) is 1.83. The highest BCUT2D eigenvalue weighted by Crippen LogP contribution is 2.12. The van der Waals surface area contributed by atoms with E-state index in [9.17, 15) is 0 Å². The first kappa shape index (κ1) is 5.83. The van der Waals surface area contributed by atoms with Gasteiger partial charge in [-0.2, -0.15) is 0 Å². The Morgan fingerprint density at radius 1 is 1.62 bits per heavy atom. The van der Waals surface area contributed by atoms with Crippen molar-refractivity contribution >= 4 is 8.80 Å². The van der Waals surface area contributed by atoms with Crippen molar-refractivity contribution in [1.82, 2.24) is 0 Å². The van der Waals surface area contributed by atoms with E-state index in [4.69, 9.17) is 0 Å². The SMILES string of the molecule is CCC1=CC=C[SiH]1C. The average molecular weight is 124 g/mol. The maximum Gasteiger partial charge on any atom is 0.0858 e. The molecule has 44 valence electrons. The summed E-state index contributed by atoms with van der Waals surface area (Å²) in [6.07, 6.45) is 5.74. The van der Waals surface area contributed by atoms with Crippen molar-refractivity contribution in [3.05, 3.63) is 23.0 Å². The fraction of sp³-hybridized carbons (Fsp3) is 0.429. The summed E-state index contributed by atoms with van der Waals surface area (Å²) in [4.78, 5) is 0. The standard InChI is InChI=1S/C7H12Si/c1-3-7-5-4-6-8(7)2/h4-6,8H,3H2,1-2H3. The Labute approximate surface area is 52.5 Å². The maximum absolute atomic E-state index is 2.37. The Bertz CT molecular complexity index is 133. The molecule has 0 radical (unpaired) electrons. The van der Waals surface area contributed by atoms with Crippen molar-refractivity contribution in [2.45, 2.75) is 19.9 Å². The molecule has 0 fully saturated rings. The summed E-state index contributed by atoms with van der Waals surface area (Å²) < 4.78 is 0. The van der Waals surface area contributed by atoms with Crippen LogP contribution in [0.2, 0.25) is 6.55 Å². The van der Waals surface area contributed by atoms with Crippen molar-refractivity contribution < 1.29 is 0 Å². The van der Waals surface area contributed by atoms with Gasteiger partial charge in [-0.05, 0) is 6.42 Å². The quantitative estimate of drug-likeness (QED) is 0.468. The third kappa shape index (κ3) is 0.919. The van der Waals surface area contributed by atoms with Crippen LogP contribution in [0.15, 0.2) is 23.0 Å². The van der Waals surface area contributed by atoms with E-state index in [1.807, 2.05) is 0 Å². The summed E-state index contributed by atoms with van der Waals surface area (Å²) >= 11 is 0. The first-order chi connectivity index (χ1) is 3.84. The lowest BCUT2D eigenvalue weighted by molar-refractivity contribution is 1.19. The fourth-order valence-electron chi connectivity index (χ4n) is 1.06. The van der Waals surface area contributed by atoms with Gasteiger partial charge in [-0.15, -0.1) is 0 Å². The Kier molecular flexibility index (Phi) is 1.68. The molecule has 8 heavy (non-hydrogen) atoms. The van der Waals surface area contributed by atoms with E-state index in [0.717, 1.165) is 0 Å². The zero-order valence-electron chi connectivity index (χ0n) is 5.52. The number of allylic oxidation sites excluding steroid dienone is 3. The highest BCUT2D eigenvalue weighted by molar-refractivity contribution is 6.71. The lowest BCUT2D eigenvalue weighted by Crippen LogP contribution is -2.02. The smallest absolute Gasteiger partial charge is 0.0858 e. The summed E-state index contributed by atoms with van der Waals surface area (Å²) in [6.45, 7) is 4.61. The van der Waals surface area contributed by atoms with E-state index in [1.54, 1.807) is 5.20 Å². The van der Waals surface area contributed by atoms with Crippen LogP contribution in [-0.2, 0) is 0 Å². The molecule has 1 unspecified atom stereocenters. The van der Waals surface area contributed by atoms with Gasteiger partial charge < -0.3 is 0 Å². The molecule has 1 rings (SSSR count). The van der Waals surface area contributed by atoms with Crippen molar-refractivity contribution in [2.24, 2.45) is 0 Å². The summed E-state index contributed by atoms with van der Waals surface area (Å²) in [5, 5.41) is 1.70. The summed E-state index contributed by atoms with van der Waals surface area (Å²) in [7, 11) is -0.484. The molecule has 0 saturated heterocycles. The molecule has 0 aromatic heterocycles. The summed E-state index contributed by atoms with van der Waals surface area (Å²) in [5.74, 6) is 0. The maximum atomic E-state index is 2.37. The molecule has 1 aliphatic rings. The molecule has 0 bridgehead atoms. The zero-order chi connectivity index (χ0) is 5.98. The highest BCUT2D eigenvalue weighted by Gasteiger charge is 2.06. The van der Waals surface area contributed by atoms with E-state index in [0.29, 0.717) is 0 Å². The summed E-state index contributed by atoms with van der Waals surface area (Å²) in [5.41, 5.74) is 2.37. The molecule has 0 spiro atoms. The molecule has 0 aliphatic carbocycles. The fourth-order valence-corrected chi connectivity index (χ4v) is 2.81. The van der Waals surface area contributed by atoms with Crippen molar-refractivity contribution in [2.75, 3.05) is 0 Å². The van der Waals surface area contributed by atoms with Gasteiger partial charge in [-0.3, -0.25) is 0 Å². The van der Waals surface area contributed by atoms with Crippen LogP contribution in [0.3, 0.4) is 0 Å². The van der Waals surface area contributed by atoms with Crippen LogP contribution in [0.25, 0.3) is 0 Å². The second-order valence-electron chi connectivity index (χ2n) is 2.27. The average Bonchev–Trinajstić information content (AvgIpc) is 2.14. The first-order valence-corrected chi connectivity index (χ1v) is 5.61. The van der Waals surface area contributed by atoms with E-state index < -0.39 is 8.80 Å². The second kappa shape index (κ2) is 2.31. The minimum absolute atomic E-state index is 0.484. The van der Waals surface area contributed by atoms with Crippen LogP contribution in [0, 0.1) is 0 Å². The first-order valence-electron chi connectivity index (χ1n) is 3.22. The number of hydrogen-bond donors (Lipinski definition) is 0. The van der Waals surface area contributed by atoms with E-state index in [-0.39, 0.29) is 0 Å². The van der Waals surface area contributed by atoms with Crippen molar-refractivity contribution in [1.29, 1.82) is 0 Å². The molecule has 0 saturated carbocycles. The molecule has 1 heteroatoms. The van der Waals surface area contributed by atoms with E-state index >= 15 is 0 Å².